The fourth-order valence-electron chi connectivity index (χ4n) is 4.60. The van der Waals surface area contributed by atoms with Crippen LogP contribution in [-0.4, -0.2) is 37.5 Å². The molecule has 1 fully saturated rings. The first-order chi connectivity index (χ1) is 15.7. The molecule has 0 spiro atoms. The first-order valence-corrected chi connectivity index (χ1v) is 11.7. The van der Waals surface area contributed by atoms with Crippen molar-refractivity contribution in [3.8, 4) is 17.2 Å². The maximum Gasteiger partial charge on any atom is 0.103 e. The van der Waals surface area contributed by atoms with Gasteiger partial charge >= 0.3 is 0 Å². The van der Waals surface area contributed by atoms with Crippen LogP contribution in [0, 0.1) is 18.3 Å². The Morgan fingerprint density at radius 1 is 1.16 bits per heavy atom. The van der Waals surface area contributed by atoms with E-state index in [1.54, 1.807) is 28.7 Å². The number of nitrogens with zero attached hydrogens (tertiary/aromatic N) is 6. The summed E-state index contributed by atoms with van der Waals surface area (Å²) in [4.78, 5) is 5.40. The third-order valence-corrected chi connectivity index (χ3v) is 7.34. The van der Waals surface area contributed by atoms with E-state index in [2.05, 4.69) is 39.1 Å². The first kappa shape index (κ1) is 20.7. The predicted molar refractivity (Wildman–Crippen MR) is 125 cm³/mol. The highest BCUT2D eigenvalue weighted by Gasteiger charge is 2.24. The maximum atomic E-state index is 9.58. The van der Waals surface area contributed by atoms with Crippen LogP contribution in [0.3, 0.4) is 0 Å². The molecule has 0 radical (unpaired) electrons. The average molecular weight is 444 g/mol. The van der Waals surface area contributed by atoms with Crippen LogP contribution in [0.2, 0.25) is 0 Å². The zero-order valence-corrected chi connectivity index (χ0v) is 19.0. The van der Waals surface area contributed by atoms with E-state index >= 15 is 0 Å². The number of rotatable bonds is 5. The number of nitriles is 1. The maximum absolute atomic E-state index is 9.58. The van der Waals surface area contributed by atoms with Gasteiger partial charge in [-0.05, 0) is 57.9 Å². The number of aromatic nitrogens is 5. The van der Waals surface area contributed by atoms with E-state index in [1.807, 2.05) is 37.6 Å². The van der Waals surface area contributed by atoms with Crippen LogP contribution in [0.5, 0.6) is 0 Å². The quantitative estimate of drug-likeness (QED) is 0.484. The average Bonchev–Trinajstić information content (AvgIpc) is 3.43. The van der Waals surface area contributed by atoms with Crippen LogP contribution >= 0.6 is 11.8 Å². The van der Waals surface area contributed by atoms with Gasteiger partial charge in [-0.15, -0.1) is 0 Å². The van der Waals surface area contributed by atoms with Gasteiger partial charge in [0.25, 0.3) is 0 Å². The van der Waals surface area contributed by atoms with E-state index in [4.69, 9.17) is 5.10 Å². The van der Waals surface area contributed by atoms with E-state index in [0.29, 0.717) is 17.6 Å². The predicted octanol–water partition coefficient (Wildman–Crippen LogP) is 4.63. The number of hydrogen-bond acceptors (Lipinski definition) is 6. The number of fused-ring (bicyclic) bond motifs is 1. The number of nitrogens with one attached hydrogen (secondary N) is 1. The van der Waals surface area contributed by atoms with Crippen molar-refractivity contribution in [3.05, 3.63) is 60.3 Å². The van der Waals surface area contributed by atoms with Crippen molar-refractivity contribution in [1.82, 2.24) is 29.7 Å². The number of pyridine rings is 2. The van der Waals surface area contributed by atoms with Crippen molar-refractivity contribution in [2.75, 3.05) is 7.05 Å². The molecule has 4 aromatic heterocycles. The van der Waals surface area contributed by atoms with E-state index in [9.17, 15) is 5.26 Å². The van der Waals surface area contributed by atoms with Crippen LogP contribution in [-0.2, 0) is 0 Å². The van der Waals surface area contributed by atoms with Crippen molar-refractivity contribution in [2.45, 2.75) is 54.6 Å². The second kappa shape index (κ2) is 8.77. The minimum atomic E-state index is 0.439. The van der Waals surface area contributed by atoms with Gasteiger partial charge in [0.15, 0.2) is 0 Å². The highest BCUT2D eigenvalue weighted by Crippen LogP contribution is 2.37. The molecule has 0 aromatic carbocycles. The summed E-state index contributed by atoms with van der Waals surface area (Å²) in [5.41, 5.74) is 4.67. The molecular formula is C24H25N7S. The molecule has 1 N–H and O–H groups in total. The van der Waals surface area contributed by atoms with Crippen LogP contribution in [0.1, 0.15) is 43.0 Å². The summed E-state index contributed by atoms with van der Waals surface area (Å²) >= 11 is 1.55. The summed E-state index contributed by atoms with van der Waals surface area (Å²) in [6.07, 6.45) is 12.0. The molecule has 8 heteroatoms. The van der Waals surface area contributed by atoms with Crippen molar-refractivity contribution < 1.29 is 0 Å². The minimum absolute atomic E-state index is 0.439. The topological polar surface area (TPSA) is 83.8 Å². The molecule has 0 aliphatic heterocycles. The molecule has 0 amide bonds. The Bertz CT molecular complexity index is 1280. The van der Waals surface area contributed by atoms with Crippen LogP contribution in [0.4, 0.5) is 0 Å². The Balaban J connectivity index is 1.54. The molecule has 1 aliphatic rings. The van der Waals surface area contributed by atoms with E-state index < -0.39 is 0 Å². The van der Waals surface area contributed by atoms with Gasteiger partial charge < -0.3 is 5.32 Å². The lowest BCUT2D eigenvalue weighted by Gasteiger charge is -2.29. The SMILES string of the molecule is CN[C@H]1CC[C@@H](n2ncc(-c3cc(Sc4ccccn4)c4c(C#N)cnn4c3)c2C)CC1. The molecule has 4 heterocycles. The first-order valence-electron chi connectivity index (χ1n) is 10.9. The van der Waals surface area contributed by atoms with Gasteiger partial charge in [0, 0.05) is 40.2 Å². The molecule has 162 valence electrons. The summed E-state index contributed by atoms with van der Waals surface area (Å²) in [7, 11) is 2.05. The van der Waals surface area contributed by atoms with E-state index in [-0.39, 0.29) is 0 Å². The molecule has 32 heavy (non-hydrogen) atoms. The lowest BCUT2D eigenvalue weighted by molar-refractivity contribution is 0.281. The third-order valence-electron chi connectivity index (χ3n) is 6.36. The second-order valence-electron chi connectivity index (χ2n) is 8.21. The molecule has 0 atom stereocenters. The molecule has 0 unspecified atom stereocenters. The van der Waals surface area contributed by atoms with Crippen LogP contribution < -0.4 is 5.32 Å². The largest absolute Gasteiger partial charge is 0.317 e. The molecular weight excluding hydrogens is 418 g/mol. The van der Waals surface area contributed by atoms with Crippen LogP contribution in [0.15, 0.2) is 59.0 Å². The Kier molecular flexibility index (Phi) is 5.68. The summed E-state index contributed by atoms with van der Waals surface area (Å²) < 4.78 is 3.99. The molecule has 1 saturated carbocycles. The van der Waals surface area contributed by atoms with Gasteiger partial charge in [-0.1, -0.05) is 17.8 Å². The van der Waals surface area contributed by atoms with Gasteiger partial charge in [-0.25, -0.2) is 9.50 Å². The van der Waals surface area contributed by atoms with Gasteiger partial charge in [0.05, 0.1) is 29.5 Å². The fraction of sp³-hybridized carbons (Fsp3) is 0.333. The lowest BCUT2D eigenvalue weighted by atomic mass is 9.91. The van der Waals surface area contributed by atoms with Crippen molar-refractivity contribution >= 4 is 17.3 Å². The Morgan fingerprint density at radius 2 is 2.00 bits per heavy atom. The Labute approximate surface area is 191 Å². The van der Waals surface area contributed by atoms with E-state index in [0.717, 1.165) is 39.4 Å². The smallest absolute Gasteiger partial charge is 0.103 e. The Morgan fingerprint density at radius 3 is 2.72 bits per heavy atom. The van der Waals surface area contributed by atoms with Crippen molar-refractivity contribution in [2.24, 2.45) is 0 Å². The number of hydrogen-bond donors (Lipinski definition) is 1. The molecule has 4 aromatic rings. The van der Waals surface area contributed by atoms with Crippen LogP contribution in [0.25, 0.3) is 16.6 Å². The fourth-order valence-corrected chi connectivity index (χ4v) is 5.57. The molecule has 0 bridgehead atoms. The monoisotopic (exact) mass is 443 g/mol. The lowest BCUT2D eigenvalue weighted by Crippen LogP contribution is -2.31. The van der Waals surface area contributed by atoms with Gasteiger partial charge in [-0.2, -0.15) is 15.5 Å². The summed E-state index contributed by atoms with van der Waals surface area (Å²) in [6, 6.07) is 11.3. The molecule has 1 aliphatic carbocycles. The zero-order chi connectivity index (χ0) is 22.1. The zero-order valence-electron chi connectivity index (χ0n) is 18.2. The highest BCUT2D eigenvalue weighted by atomic mass is 32.2. The molecule has 0 saturated heterocycles. The van der Waals surface area contributed by atoms with Gasteiger partial charge in [0.2, 0.25) is 0 Å². The summed E-state index contributed by atoms with van der Waals surface area (Å²) in [5.74, 6) is 0. The van der Waals surface area contributed by atoms with E-state index in [1.165, 1.54) is 18.5 Å². The van der Waals surface area contributed by atoms with Gasteiger partial charge in [-0.3, -0.25) is 4.68 Å². The molecule has 5 rings (SSSR count). The van der Waals surface area contributed by atoms with Crippen molar-refractivity contribution in [1.29, 1.82) is 5.26 Å². The van der Waals surface area contributed by atoms with Gasteiger partial charge in [0.1, 0.15) is 11.1 Å². The van der Waals surface area contributed by atoms with Crippen molar-refractivity contribution in [3.63, 3.8) is 0 Å². The normalized spacial score (nSPS) is 18.7. The summed E-state index contributed by atoms with van der Waals surface area (Å²) in [5, 5.41) is 23.1. The summed E-state index contributed by atoms with van der Waals surface area (Å²) in [6.45, 7) is 2.14. The Hall–Kier alpha value is -3.15. The highest BCUT2D eigenvalue weighted by molar-refractivity contribution is 7.99. The third kappa shape index (κ3) is 3.78. The molecule has 7 nitrogen and oxygen atoms in total. The standard InChI is InChI=1S/C24H25N7S/c1-16-21(14-29-31(16)20-8-6-19(26-2)7-9-20)17-11-22(32-23-5-3-4-10-27-23)24-18(12-25)13-28-30(24)15-17/h3-5,10-11,13-15,19-20,26H,6-9H2,1-2H3/t19-,20+. The second-order valence-corrected chi connectivity index (χ2v) is 9.27. The minimum Gasteiger partial charge on any atom is -0.317 e.